The van der Waals surface area contributed by atoms with Crippen molar-refractivity contribution in [3.63, 3.8) is 0 Å². The van der Waals surface area contributed by atoms with E-state index in [0.29, 0.717) is 11.1 Å². The summed E-state index contributed by atoms with van der Waals surface area (Å²) in [4.78, 5) is 12.0. The number of hydrogen-bond donors (Lipinski definition) is 5. The Morgan fingerprint density at radius 3 is 2.42 bits per heavy atom. The zero-order chi connectivity index (χ0) is 22.4. The first kappa shape index (κ1) is 22.7. The highest BCUT2D eigenvalue weighted by Gasteiger charge is 2.44. The summed E-state index contributed by atoms with van der Waals surface area (Å²) in [5.41, 5.74) is 1.19. The highest BCUT2D eigenvalue weighted by Crippen LogP contribution is 2.27. The van der Waals surface area contributed by atoms with Gasteiger partial charge in [-0.1, -0.05) is 30.3 Å². The molecule has 5 N–H and O–H groups in total. The van der Waals surface area contributed by atoms with Crippen LogP contribution in [0.4, 0.5) is 0 Å². The number of aromatic hydroxyl groups is 1. The summed E-state index contributed by atoms with van der Waals surface area (Å²) in [6, 6.07) is 12.9. The molecule has 1 heterocycles. The van der Waals surface area contributed by atoms with Crippen LogP contribution in [0.5, 0.6) is 11.5 Å². The molecule has 0 saturated carbocycles. The van der Waals surface area contributed by atoms with Crippen LogP contribution in [0.2, 0.25) is 0 Å². The number of hydrogen-bond acceptors (Lipinski definition) is 9. The van der Waals surface area contributed by atoms with Crippen LogP contribution in [0.15, 0.2) is 54.6 Å². The predicted molar refractivity (Wildman–Crippen MR) is 108 cm³/mol. The van der Waals surface area contributed by atoms with Crippen molar-refractivity contribution >= 4 is 12.0 Å². The number of esters is 1. The van der Waals surface area contributed by atoms with Crippen molar-refractivity contribution < 1.29 is 44.5 Å². The van der Waals surface area contributed by atoms with Crippen molar-refractivity contribution in [2.75, 3.05) is 6.61 Å². The van der Waals surface area contributed by atoms with Crippen molar-refractivity contribution in [1.29, 1.82) is 0 Å². The molecule has 9 heteroatoms. The molecule has 31 heavy (non-hydrogen) atoms. The molecule has 9 nitrogen and oxygen atoms in total. The Morgan fingerprint density at radius 2 is 1.71 bits per heavy atom. The molecule has 0 aromatic heterocycles. The minimum atomic E-state index is -1.56. The zero-order valence-corrected chi connectivity index (χ0v) is 16.4. The minimum absolute atomic E-state index is 0.121. The third-order valence-corrected chi connectivity index (χ3v) is 4.74. The molecular weight excluding hydrogens is 408 g/mol. The van der Waals surface area contributed by atoms with Gasteiger partial charge >= 0.3 is 5.97 Å². The molecule has 0 amide bonds. The Bertz CT molecular complexity index is 894. The van der Waals surface area contributed by atoms with Gasteiger partial charge in [-0.15, -0.1) is 0 Å². The molecule has 0 aliphatic carbocycles. The summed E-state index contributed by atoms with van der Waals surface area (Å²) in [5, 5.41) is 48.4. The second-order valence-electron chi connectivity index (χ2n) is 6.96. The SMILES string of the molecule is O=C(C=Cc1ccc(O)cc1)OCc1ccccc1O[C@@H]1O[C@H](CO)[C@@H](O)[C@H](O)[C@H]1O. The summed E-state index contributed by atoms with van der Waals surface area (Å²) in [6.45, 7) is -0.705. The fraction of sp³-hybridized carbons (Fsp3) is 0.318. The number of para-hydroxylation sites is 1. The molecule has 0 spiro atoms. The first-order valence-corrected chi connectivity index (χ1v) is 9.58. The fourth-order valence-electron chi connectivity index (χ4n) is 2.97. The van der Waals surface area contributed by atoms with E-state index in [1.54, 1.807) is 36.4 Å². The lowest BCUT2D eigenvalue weighted by Gasteiger charge is -2.39. The van der Waals surface area contributed by atoms with E-state index in [1.165, 1.54) is 24.3 Å². The van der Waals surface area contributed by atoms with E-state index < -0.39 is 43.3 Å². The molecule has 3 rings (SSSR count). The van der Waals surface area contributed by atoms with Crippen LogP contribution in [0.3, 0.4) is 0 Å². The summed E-state index contributed by atoms with van der Waals surface area (Å²) in [7, 11) is 0. The maximum Gasteiger partial charge on any atom is 0.331 e. The van der Waals surface area contributed by atoms with Gasteiger partial charge in [0.1, 0.15) is 42.5 Å². The predicted octanol–water partition coefficient (Wildman–Crippen LogP) is 0.327. The van der Waals surface area contributed by atoms with Crippen LogP contribution < -0.4 is 4.74 Å². The van der Waals surface area contributed by atoms with Gasteiger partial charge in [0.05, 0.1) is 6.61 Å². The standard InChI is InChI=1S/C22H24O9/c23-11-17-19(26)20(27)21(28)22(31-17)30-16-4-2-1-3-14(16)12-29-18(25)10-7-13-5-8-15(24)9-6-13/h1-10,17,19-24,26-28H,11-12H2/t17-,19-,20+,21-,22-/m1/s1. The summed E-state index contributed by atoms with van der Waals surface area (Å²) < 4.78 is 16.2. The minimum Gasteiger partial charge on any atom is -0.508 e. The van der Waals surface area contributed by atoms with Gasteiger partial charge in [0.15, 0.2) is 0 Å². The third-order valence-electron chi connectivity index (χ3n) is 4.74. The normalized spacial score (nSPS) is 26.0. The lowest BCUT2D eigenvalue weighted by molar-refractivity contribution is -0.277. The average molecular weight is 432 g/mol. The first-order valence-electron chi connectivity index (χ1n) is 9.58. The second kappa shape index (κ2) is 10.4. The maximum atomic E-state index is 12.0. The van der Waals surface area contributed by atoms with Crippen LogP contribution in [0.25, 0.3) is 6.08 Å². The van der Waals surface area contributed by atoms with E-state index in [9.17, 15) is 30.3 Å². The van der Waals surface area contributed by atoms with Crippen LogP contribution in [-0.4, -0.2) is 68.8 Å². The van der Waals surface area contributed by atoms with E-state index >= 15 is 0 Å². The van der Waals surface area contributed by atoms with Gasteiger partial charge < -0.3 is 39.7 Å². The summed E-state index contributed by atoms with van der Waals surface area (Å²) in [5.74, 6) is -0.242. The van der Waals surface area contributed by atoms with E-state index in [0.717, 1.165) is 0 Å². The molecule has 5 atom stereocenters. The summed E-state index contributed by atoms with van der Waals surface area (Å²) in [6.07, 6.45) is -4.27. The highest BCUT2D eigenvalue weighted by atomic mass is 16.7. The molecule has 2 aromatic carbocycles. The third kappa shape index (κ3) is 5.81. The maximum absolute atomic E-state index is 12.0. The number of aliphatic hydroxyl groups excluding tert-OH is 4. The van der Waals surface area contributed by atoms with Gasteiger partial charge in [-0.2, -0.15) is 0 Å². The van der Waals surface area contributed by atoms with Gasteiger partial charge in [-0.25, -0.2) is 4.79 Å². The Balaban J connectivity index is 1.62. The highest BCUT2D eigenvalue weighted by molar-refractivity contribution is 5.87. The topological polar surface area (TPSA) is 146 Å². The Morgan fingerprint density at radius 1 is 1.00 bits per heavy atom. The van der Waals surface area contributed by atoms with Crippen molar-refractivity contribution in [3.05, 3.63) is 65.7 Å². The van der Waals surface area contributed by atoms with E-state index in [-0.39, 0.29) is 18.1 Å². The van der Waals surface area contributed by atoms with Gasteiger partial charge in [0, 0.05) is 11.6 Å². The van der Waals surface area contributed by atoms with E-state index in [2.05, 4.69) is 0 Å². The molecule has 0 unspecified atom stereocenters. The van der Waals surface area contributed by atoms with Crippen LogP contribution in [0, 0.1) is 0 Å². The number of phenols is 1. The molecule has 2 aromatic rings. The molecule has 0 bridgehead atoms. The number of aliphatic hydroxyl groups is 4. The van der Waals surface area contributed by atoms with Gasteiger partial charge in [-0.3, -0.25) is 0 Å². The number of benzene rings is 2. The Labute approximate surface area is 178 Å². The number of rotatable bonds is 7. The fourth-order valence-corrected chi connectivity index (χ4v) is 2.97. The van der Waals surface area contributed by atoms with Crippen molar-refractivity contribution in [2.24, 2.45) is 0 Å². The molecule has 166 valence electrons. The van der Waals surface area contributed by atoms with Crippen LogP contribution >= 0.6 is 0 Å². The van der Waals surface area contributed by atoms with E-state index in [4.69, 9.17) is 14.2 Å². The van der Waals surface area contributed by atoms with Crippen molar-refractivity contribution in [3.8, 4) is 11.5 Å². The van der Waals surface area contributed by atoms with Gasteiger partial charge in [0.25, 0.3) is 0 Å². The van der Waals surface area contributed by atoms with Gasteiger partial charge in [-0.05, 0) is 29.8 Å². The lowest BCUT2D eigenvalue weighted by atomic mass is 9.99. The Kier molecular flexibility index (Phi) is 7.61. The number of phenolic OH excluding ortho intramolecular Hbond substituents is 1. The van der Waals surface area contributed by atoms with Crippen LogP contribution in [0.1, 0.15) is 11.1 Å². The number of ether oxygens (including phenoxy) is 3. The Hall–Kier alpha value is -2.95. The first-order chi connectivity index (χ1) is 14.9. The van der Waals surface area contributed by atoms with Crippen molar-refractivity contribution in [2.45, 2.75) is 37.3 Å². The summed E-state index contributed by atoms with van der Waals surface area (Å²) >= 11 is 0. The smallest absolute Gasteiger partial charge is 0.331 e. The molecule has 1 fully saturated rings. The quantitative estimate of drug-likeness (QED) is 0.308. The van der Waals surface area contributed by atoms with Crippen LogP contribution in [-0.2, 0) is 20.9 Å². The lowest BCUT2D eigenvalue weighted by Crippen LogP contribution is -2.60. The van der Waals surface area contributed by atoms with E-state index in [1.807, 2.05) is 0 Å². The molecular formula is C22H24O9. The van der Waals surface area contributed by atoms with Crippen molar-refractivity contribution in [1.82, 2.24) is 0 Å². The zero-order valence-electron chi connectivity index (χ0n) is 16.4. The number of carbonyl (C=O) groups is 1. The second-order valence-corrected chi connectivity index (χ2v) is 6.96. The molecule has 1 aliphatic heterocycles. The largest absolute Gasteiger partial charge is 0.508 e. The average Bonchev–Trinajstić information content (AvgIpc) is 2.78. The molecule has 1 aliphatic rings. The monoisotopic (exact) mass is 432 g/mol. The number of carbonyl (C=O) groups excluding carboxylic acids is 1. The van der Waals surface area contributed by atoms with Gasteiger partial charge in [0.2, 0.25) is 6.29 Å². The molecule has 0 radical (unpaired) electrons. The molecule has 1 saturated heterocycles.